The highest BCUT2D eigenvalue weighted by Gasteiger charge is 2.05. The lowest BCUT2D eigenvalue weighted by Crippen LogP contribution is -2.21. The van der Waals surface area contributed by atoms with Gasteiger partial charge < -0.3 is 14.9 Å². The van der Waals surface area contributed by atoms with Crippen LogP contribution in [0.3, 0.4) is 0 Å². The summed E-state index contributed by atoms with van der Waals surface area (Å²) in [6.45, 7) is -0.354. The van der Waals surface area contributed by atoms with Crippen molar-refractivity contribution in [2.45, 2.75) is 6.10 Å². The smallest absolute Gasteiger partial charge is 0.151 e. The van der Waals surface area contributed by atoms with Gasteiger partial charge in [0.2, 0.25) is 0 Å². The second kappa shape index (κ2) is 5.85. The monoisotopic (exact) mass is 274 g/mol. The predicted octanol–water partition coefficient (Wildman–Crippen LogP) is 0.994. The van der Waals surface area contributed by atoms with Gasteiger partial charge in [-0.05, 0) is 18.2 Å². The molecule has 4 nitrogen and oxygen atoms in total. The second-order valence-corrected chi connectivity index (χ2v) is 3.80. The van der Waals surface area contributed by atoms with Crippen molar-refractivity contribution < 1.29 is 19.7 Å². The molecule has 0 spiro atoms. The first-order valence-corrected chi connectivity index (χ1v) is 5.13. The van der Waals surface area contributed by atoms with Gasteiger partial charge in [0, 0.05) is 10.0 Å². The van der Waals surface area contributed by atoms with Crippen LogP contribution in [0.25, 0.3) is 0 Å². The minimum Gasteiger partial charge on any atom is -0.491 e. The van der Waals surface area contributed by atoms with E-state index in [4.69, 9.17) is 14.9 Å². The molecule has 0 amide bonds. The molecule has 0 fully saturated rings. The van der Waals surface area contributed by atoms with Gasteiger partial charge in [0.15, 0.2) is 6.29 Å². The summed E-state index contributed by atoms with van der Waals surface area (Å²) in [7, 11) is 0. The van der Waals surface area contributed by atoms with Gasteiger partial charge in [0.25, 0.3) is 0 Å². The number of carbonyl (C=O) groups excluding carboxylic acids is 1. The van der Waals surface area contributed by atoms with E-state index in [1.807, 2.05) is 0 Å². The molecule has 1 atom stereocenters. The number of rotatable bonds is 5. The molecule has 0 aliphatic rings. The molecule has 0 aliphatic carbocycles. The molecular formula is C10H11BrO4. The molecule has 1 rings (SSSR count). The summed E-state index contributed by atoms with van der Waals surface area (Å²) in [4.78, 5) is 10.6. The van der Waals surface area contributed by atoms with Gasteiger partial charge in [-0.25, -0.2) is 0 Å². The van der Waals surface area contributed by atoms with E-state index in [0.29, 0.717) is 22.1 Å². The van der Waals surface area contributed by atoms with Crippen LogP contribution < -0.4 is 4.74 Å². The lowest BCUT2D eigenvalue weighted by Gasteiger charge is -2.10. The van der Waals surface area contributed by atoms with Crippen molar-refractivity contribution in [3.05, 3.63) is 28.2 Å². The fourth-order valence-corrected chi connectivity index (χ4v) is 1.29. The number of aliphatic hydroxyl groups is 2. The van der Waals surface area contributed by atoms with Crippen LogP contribution in [0.5, 0.6) is 5.75 Å². The van der Waals surface area contributed by atoms with E-state index in [0.717, 1.165) is 0 Å². The molecule has 82 valence electrons. The lowest BCUT2D eigenvalue weighted by molar-refractivity contribution is 0.0536. The Kier molecular flexibility index (Phi) is 4.74. The third kappa shape index (κ3) is 3.62. The number of hydrogen-bond acceptors (Lipinski definition) is 4. The van der Waals surface area contributed by atoms with Gasteiger partial charge in [-0.1, -0.05) is 15.9 Å². The molecule has 15 heavy (non-hydrogen) atoms. The number of aldehydes is 1. The summed E-state index contributed by atoms with van der Waals surface area (Å²) in [6.07, 6.45) is -0.201. The van der Waals surface area contributed by atoms with Crippen LogP contribution in [0.2, 0.25) is 0 Å². The van der Waals surface area contributed by atoms with Crippen LogP contribution in [-0.4, -0.2) is 35.8 Å². The van der Waals surface area contributed by atoms with E-state index in [9.17, 15) is 4.79 Å². The Morgan fingerprint density at radius 3 is 2.87 bits per heavy atom. The third-order valence-electron chi connectivity index (χ3n) is 1.75. The maximum absolute atomic E-state index is 10.6. The molecular weight excluding hydrogens is 264 g/mol. The zero-order chi connectivity index (χ0) is 11.3. The fraction of sp³-hybridized carbons (Fsp3) is 0.300. The lowest BCUT2D eigenvalue weighted by atomic mass is 10.2. The van der Waals surface area contributed by atoms with E-state index in [2.05, 4.69) is 15.9 Å². The van der Waals surface area contributed by atoms with Crippen LogP contribution >= 0.6 is 15.9 Å². The van der Waals surface area contributed by atoms with Crippen molar-refractivity contribution in [2.75, 3.05) is 13.2 Å². The highest BCUT2D eigenvalue weighted by Crippen LogP contribution is 2.21. The normalized spacial score (nSPS) is 12.2. The zero-order valence-electron chi connectivity index (χ0n) is 7.89. The summed E-state index contributed by atoms with van der Waals surface area (Å²) in [5.74, 6) is 0.479. The van der Waals surface area contributed by atoms with Crippen LogP contribution in [0, 0.1) is 0 Å². The molecule has 5 heteroatoms. The Labute approximate surface area is 95.6 Å². The van der Waals surface area contributed by atoms with Gasteiger partial charge in [-0.2, -0.15) is 0 Å². The Balaban J connectivity index is 2.66. The highest BCUT2D eigenvalue weighted by atomic mass is 79.9. The zero-order valence-corrected chi connectivity index (χ0v) is 9.48. The van der Waals surface area contributed by atoms with Crippen LogP contribution in [0.4, 0.5) is 0 Å². The highest BCUT2D eigenvalue weighted by molar-refractivity contribution is 9.10. The van der Waals surface area contributed by atoms with Crippen LogP contribution in [0.15, 0.2) is 22.7 Å². The second-order valence-electron chi connectivity index (χ2n) is 2.95. The molecule has 2 N–H and O–H groups in total. The number of halogens is 1. The van der Waals surface area contributed by atoms with Crippen molar-refractivity contribution in [2.24, 2.45) is 0 Å². The van der Waals surface area contributed by atoms with Gasteiger partial charge in [-0.3, -0.25) is 4.79 Å². The van der Waals surface area contributed by atoms with Gasteiger partial charge >= 0.3 is 0 Å². The molecule has 1 aromatic rings. The number of aliphatic hydroxyl groups excluding tert-OH is 2. The quantitative estimate of drug-likeness (QED) is 0.786. The maximum Gasteiger partial charge on any atom is 0.151 e. The molecule has 1 unspecified atom stereocenters. The molecule has 0 bridgehead atoms. The molecule has 0 saturated heterocycles. The number of ether oxygens (including phenoxy) is 1. The van der Waals surface area contributed by atoms with Crippen molar-refractivity contribution in [3.8, 4) is 5.75 Å². The van der Waals surface area contributed by atoms with E-state index in [1.54, 1.807) is 18.2 Å². The summed E-state index contributed by atoms with van der Waals surface area (Å²) in [5.41, 5.74) is 0.478. The minimum atomic E-state index is -0.909. The number of hydrogen-bond donors (Lipinski definition) is 2. The Hall–Kier alpha value is -0.910. The van der Waals surface area contributed by atoms with Crippen molar-refractivity contribution in [3.63, 3.8) is 0 Å². The SMILES string of the molecule is O=Cc1cc(OCC(O)CO)ccc1Br. The minimum absolute atomic E-state index is 0.00354. The topological polar surface area (TPSA) is 66.8 Å². The molecule has 0 aliphatic heterocycles. The van der Waals surface area contributed by atoms with E-state index < -0.39 is 6.10 Å². The van der Waals surface area contributed by atoms with Gasteiger partial charge in [0.05, 0.1) is 6.61 Å². The molecule has 1 aromatic carbocycles. The Bertz CT molecular complexity index is 340. The van der Waals surface area contributed by atoms with Crippen molar-refractivity contribution >= 4 is 22.2 Å². The van der Waals surface area contributed by atoms with Gasteiger partial charge in [-0.15, -0.1) is 0 Å². The number of carbonyl (C=O) groups is 1. The summed E-state index contributed by atoms with van der Waals surface area (Å²) in [6, 6.07) is 4.91. The first-order valence-electron chi connectivity index (χ1n) is 4.34. The van der Waals surface area contributed by atoms with Gasteiger partial charge in [0.1, 0.15) is 18.5 Å². The number of benzene rings is 1. The molecule has 0 heterocycles. The Morgan fingerprint density at radius 2 is 2.27 bits per heavy atom. The van der Waals surface area contributed by atoms with E-state index in [1.165, 1.54) is 0 Å². The van der Waals surface area contributed by atoms with Crippen LogP contribution in [0.1, 0.15) is 10.4 Å². The average Bonchev–Trinajstić information content (AvgIpc) is 2.27. The molecule has 0 radical (unpaired) electrons. The fourth-order valence-electron chi connectivity index (χ4n) is 0.947. The van der Waals surface area contributed by atoms with E-state index >= 15 is 0 Å². The van der Waals surface area contributed by atoms with E-state index in [-0.39, 0.29) is 13.2 Å². The first-order chi connectivity index (χ1) is 7.17. The Morgan fingerprint density at radius 1 is 1.53 bits per heavy atom. The van der Waals surface area contributed by atoms with Crippen LogP contribution in [-0.2, 0) is 0 Å². The van der Waals surface area contributed by atoms with Crippen molar-refractivity contribution in [1.29, 1.82) is 0 Å². The molecule has 0 saturated carbocycles. The average molecular weight is 275 g/mol. The summed E-state index contributed by atoms with van der Waals surface area (Å²) >= 11 is 3.21. The largest absolute Gasteiger partial charge is 0.491 e. The predicted molar refractivity (Wildman–Crippen MR) is 58.1 cm³/mol. The standard InChI is InChI=1S/C10H11BrO4/c11-10-2-1-9(3-7(10)4-12)15-6-8(14)5-13/h1-4,8,13-14H,5-6H2. The van der Waals surface area contributed by atoms with Crippen molar-refractivity contribution in [1.82, 2.24) is 0 Å². The third-order valence-corrected chi connectivity index (χ3v) is 2.47. The maximum atomic E-state index is 10.6. The first kappa shape index (κ1) is 12.2. The summed E-state index contributed by atoms with van der Waals surface area (Å²) < 4.78 is 5.85. The summed E-state index contributed by atoms with van der Waals surface area (Å²) in [5, 5.41) is 17.6. The molecule has 0 aromatic heterocycles.